The Balaban J connectivity index is 1.56. The zero-order valence-electron chi connectivity index (χ0n) is 18.2. The molecule has 7 heteroatoms. The number of aryl methyl sites for hydroxylation is 1. The number of anilines is 1. The van der Waals surface area contributed by atoms with Crippen LogP contribution in [0.3, 0.4) is 0 Å². The van der Waals surface area contributed by atoms with Crippen LogP contribution in [0.4, 0.5) is 5.13 Å². The van der Waals surface area contributed by atoms with Crippen LogP contribution in [0.1, 0.15) is 29.3 Å². The first kappa shape index (κ1) is 21.7. The average Bonchev–Trinajstić information content (AvgIpc) is 3.23. The van der Waals surface area contributed by atoms with Crippen LogP contribution in [0.5, 0.6) is 5.75 Å². The molecule has 1 amide bonds. The zero-order valence-corrected chi connectivity index (χ0v) is 19.0. The third-order valence-corrected chi connectivity index (χ3v) is 6.50. The summed E-state index contributed by atoms with van der Waals surface area (Å²) < 4.78 is 12.1. The molecule has 164 valence electrons. The van der Waals surface area contributed by atoms with Crippen LogP contribution >= 0.6 is 11.3 Å². The van der Waals surface area contributed by atoms with E-state index in [1.165, 1.54) is 0 Å². The van der Waals surface area contributed by atoms with Crippen molar-refractivity contribution >= 4 is 32.6 Å². The number of aromatic nitrogens is 1. The number of carbonyl (C=O) groups is 1. The molecule has 3 aromatic rings. The van der Waals surface area contributed by atoms with Gasteiger partial charge in [0.2, 0.25) is 0 Å². The maximum atomic E-state index is 13.5. The number of hydrogen-bond acceptors (Lipinski definition) is 6. The molecule has 0 atom stereocenters. The molecule has 0 radical (unpaired) electrons. The number of para-hydroxylation sites is 1. The Kier molecular flexibility index (Phi) is 7.17. The lowest BCUT2D eigenvalue weighted by molar-refractivity contribution is 0.0376. The van der Waals surface area contributed by atoms with Gasteiger partial charge in [-0.25, -0.2) is 4.98 Å². The predicted molar refractivity (Wildman–Crippen MR) is 126 cm³/mol. The van der Waals surface area contributed by atoms with Crippen molar-refractivity contribution in [3.05, 3.63) is 53.6 Å². The number of thiazole rings is 1. The van der Waals surface area contributed by atoms with Gasteiger partial charge in [0.25, 0.3) is 5.91 Å². The Morgan fingerprint density at radius 3 is 2.68 bits per heavy atom. The van der Waals surface area contributed by atoms with E-state index >= 15 is 0 Å². The molecule has 2 aromatic carbocycles. The third-order valence-electron chi connectivity index (χ3n) is 5.46. The maximum absolute atomic E-state index is 13.5. The Morgan fingerprint density at radius 1 is 1.19 bits per heavy atom. The number of nitrogens with zero attached hydrogens (tertiary/aromatic N) is 3. The van der Waals surface area contributed by atoms with E-state index in [9.17, 15) is 4.79 Å². The molecule has 0 N–H and O–H groups in total. The van der Waals surface area contributed by atoms with Crippen LogP contribution in [0.2, 0.25) is 0 Å². The van der Waals surface area contributed by atoms with Crippen molar-refractivity contribution in [3.63, 3.8) is 0 Å². The molecule has 0 saturated carbocycles. The van der Waals surface area contributed by atoms with Crippen molar-refractivity contribution < 1.29 is 14.3 Å². The van der Waals surface area contributed by atoms with E-state index in [-0.39, 0.29) is 5.91 Å². The second-order valence-electron chi connectivity index (χ2n) is 7.64. The minimum atomic E-state index is -0.0262. The highest BCUT2D eigenvalue weighted by Crippen LogP contribution is 2.31. The fourth-order valence-electron chi connectivity index (χ4n) is 3.77. The molecule has 1 aliphatic rings. The first-order valence-corrected chi connectivity index (χ1v) is 11.7. The molecule has 4 rings (SSSR count). The first-order chi connectivity index (χ1) is 15.2. The summed E-state index contributed by atoms with van der Waals surface area (Å²) >= 11 is 1.58. The fraction of sp³-hybridized carbons (Fsp3) is 0.417. The van der Waals surface area contributed by atoms with Crippen LogP contribution in [-0.2, 0) is 4.74 Å². The zero-order chi connectivity index (χ0) is 21.6. The first-order valence-electron chi connectivity index (χ1n) is 10.9. The summed E-state index contributed by atoms with van der Waals surface area (Å²) in [7, 11) is 0. The molecule has 1 aliphatic heterocycles. The lowest BCUT2D eigenvalue weighted by atomic mass is 10.2. The summed E-state index contributed by atoms with van der Waals surface area (Å²) in [6.45, 7) is 9.65. The largest absolute Gasteiger partial charge is 0.494 e. The van der Waals surface area contributed by atoms with Gasteiger partial charge in [-0.05, 0) is 56.2 Å². The molecule has 1 saturated heterocycles. The summed E-state index contributed by atoms with van der Waals surface area (Å²) in [5, 5.41) is 0.755. The average molecular weight is 440 g/mol. The van der Waals surface area contributed by atoms with Gasteiger partial charge in [0, 0.05) is 31.7 Å². The topological polar surface area (TPSA) is 54.9 Å². The van der Waals surface area contributed by atoms with Gasteiger partial charge in [-0.2, -0.15) is 0 Å². The second kappa shape index (κ2) is 10.2. The quantitative estimate of drug-likeness (QED) is 0.522. The van der Waals surface area contributed by atoms with Crippen molar-refractivity contribution in [2.24, 2.45) is 0 Å². The van der Waals surface area contributed by atoms with Gasteiger partial charge in [-0.15, -0.1) is 0 Å². The van der Waals surface area contributed by atoms with Gasteiger partial charge >= 0.3 is 0 Å². The van der Waals surface area contributed by atoms with E-state index in [2.05, 4.69) is 24.0 Å². The van der Waals surface area contributed by atoms with E-state index in [0.717, 1.165) is 65.9 Å². The van der Waals surface area contributed by atoms with Crippen molar-refractivity contribution in [3.8, 4) is 5.75 Å². The normalized spacial score (nSPS) is 14.6. The lowest BCUT2D eigenvalue weighted by Gasteiger charge is -2.27. The molecule has 0 bridgehead atoms. The molecule has 0 aliphatic carbocycles. The van der Waals surface area contributed by atoms with Gasteiger partial charge < -0.3 is 9.47 Å². The number of benzene rings is 2. The predicted octanol–water partition coefficient (Wildman–Crippen LogP) is 4.37. The molecule has 6 nitrogen and oxygen atoms in total. The lowest BCUT2D eigenvalue weighted by Crippen LogP contribution is -2.39. The number of rotatable bonds is 8. The minimum Gasteiger partial charge on any atom is -0.494 e. The Morgan fingerprint density at radius 2 is 1.97 bits per heavy atom. The third kappa shape index (κ3) is 5.23. The number of morpholine rings is 1. The van der Waals surface area contributed by atoms with Crippen molar-refractivity contribution in [1.29, 1.82) is 0 Å². The number of carbonyl (C=O) groups excluding carboxylic acids is 1. The van der Waals surface area contributed by atoms with E-state index in [1.54, 1.807) is 11.3 Å². The fourth-order valence-corrected chi connectivity index (χ4v) is 4.84. The highest BCUT2D eigenvalue weighted by Gasteiger charge is 2.22. The van der Waals surface area contributed by atoms with Gasteiger partial charge in [-0.1, -0.05) is 23.5 Å². The molecule has 1 fully saturated rings. The van der Waals surface area contributed by atoms with Crippen molar-refractivity contribution in [2.45, 2.75) is 20.3 Å². The standard InChI is InChI=1S/C24H29N3O3S/c1-3-30-20-10-8-19(9-11-20)23(28)27(13-5-12-26-14-16-29-17-15-26)24-25-22-18(2)6-4-7-21(22)31-24/h4,6-11H,3,5,12-17H2,1-2H3. The van der Waals surface area contributed by atoms with Crippen molar-refractivity contribution in [1.82, 2.24) is 9.88 Å². The number of fused-ring (bicyclic) bond motifs is 1. The van der Waals surface area contributed by atoms with Gasteiger partial charge in [0.15, 0.2) is 5.13 Å². The Bertz CT molecular complexity index is 1010. The number of amides is 1. The molecule has 1 aromatic heterocycles. The molecule has 31 heavy (non-hydrogen) atoms. The smallest absolute Gasteiger partial charge is 0.260 e. The maximum Gasteiger partial charge on any atom is 0.260 e. The van der Waals surface area contributed by atoms with Gasteiger partial charge in [0.1, 0.15) is 5.75 Å². The monoisotopic (exact) mass is 439 g/mol. The van der Waals surface area contributed by atoms with Crippen LogP contribution in [0, 0.1) is 6.92 Å². The van der Waals surface area contributed by atoms with Crippen LogP contribution in [-0.4, -0.2) is 61.8 Å². The van der Waals surface area contributed by atoms with Crippen LogP contribution in [0.15, 0.2) is 42.5 Å². The molecule has 2 heterocycles. The Labute approximate surface area is 187 Å². The molecular formula is C24H29N3O3S. The SMILES string of the molecule is CCOc1ccc(C(=O)N(CCCN2CCOCC2)c2nc3c(C)cccc3s2)cc1. The van der Waals surface area contributed by atoms with Gasteiger partial charge in [0.05, 0.1) is 30.0 Å². The Hall–Kier alpha value is -2.48. The number of hydrogen-bond donors (Lipinski definition) is 0. The molecule has 0 spiro atoms. The molecule has 0 unspecified atom stereocenters. The summed E-state index contributed by atoms with van der Waals surface area (Å²) in [6, 6.07) is 13.5. The van der Waals surface area contributed by atoms with Crippen molar-refractivity contribution in [2.75, 3.05) is 50.9 Å². The highest BCUT2D eigenvalue weighted by atomic mass is 32.1. The second-order valence-corrected chi connectivity index (χ2v) is 8.65. The van der Waals surface area contributed by atoms with E-state index < -0.39 is 0 Å². The van der Waals surface area contributed by atoms with Crippen LogP contribution < -0.4 is 9.64 Å². The van der Waals surface area contributed by atoms with E-state index in [0.29, 0.717) is 18.7 Å². The van der Waals surface area contributed by atoms with E-state index in [1.807, 2.05) is 42.2 Å². The minimum absolute atomic E-state index is 0.0262. The number of ether oxygens (including phenoxy) is 2. The van der Waals surface area contributed by atoms with E-state index in [4.69, 9.17) is 14.5 Å². The summed E-state index contributed by atoms with van der Waals surface area (Å²) in [4.78, 5) is 22.5. The summed E-state index contributed by atoms with van der Waals surface area (Å²) in [5.41, 5.74) is 2.74. The summed E-state index contributed by atoms with van der Waals surface area (Å²) in [6.07, 6.45) is 0.887. The summed E-state index contributed by atoms with van der Waals surface area (Å²) in [5.74, 6) is 0.746. The highest BCUT2D eigenvalue weighted by molar-refractivity contribution is 7.22. The molecular weight excluding hydrogens is 410 g/mol. The van der Waals surface area contributed by atoms with Crippen LogP contribution in [0.25, 0.3) is 10.2 Å². The van der Waals surface area contributed by atoms with Gasteiger partial charge in [-0.3, -0.25) is 14.6 Å².